The first-order chi connectivity index (χ1) is 40.2. The summed E-state index contributed by atoms with van der Waals surface area (Å²) in [6, 6.07) is 0. The van der Waals surface area contributed by atoms with E-state index in [2.05, 4.69) is 27.7 Å². The van der Waals surface area contributed by atoms with Gasteiger partial charge < -0.3 is 33.8 Å². The Morgan fingerprint density at radius 2 is 0.482 bits per heavy atom. The topological polar surface area (TPSA) is 237 Å². The van der Waals surface area contributed by atoms with Crippen molar-refractivity contribution in [2.75, 3.05) is 39.6 Å². The van der Waals surface area contributed by atoms with Crippen LogP contribution in [0.15, 0.2) is 0 Å². The standard InChI is InChI=1S/C64H124O17P2/c1-5-9-13-17-19-21-23-25-26-27-28-29-30-31-33-35-37-39-43-47-51-64(69)81-60(55-75-62(67)49-45-42-38-36-34-32-24-22-20-18-14-10-6-2)57-79-83(72,73)77-53-58(65)52-76-82(70,71)78-56-59(80-63(68)50-46-41-16-12-8-4)54-74-61(66)48-44-40-15-11-7-3/h58-60,65H,5-57H2,1-4H3,(H,70,71)(H,72,73)/t58-,59+,60+/m0/s1. The molecule has 17 nitrogen and oxygen atoms in total. The third-order valence-electron chi connectivity index (χ3n) is 14.9. The molecule has 0 radical (unpaired) electrons. The van der Waals surface area contributed by atoms with Crippen molar-refractivity contribution in [3.05, 3.63) is 0 Å². The van der Waals surface area contributed by atoms with E-state index in [0.29, 0.717) is 25.7 Å². The molecule has 0 spiro atoms. The normalized spacial score (nSPS) is 14.2. The lowest BCUT2D eigenvalue weighted by Crippen LogP contribution is -2.30. The quantitative estimate of drug-likeness (QED) is 0.0222. The first-order valence-electron chi connectivity index (χ1n) is 33.8. The first-order valence-corrected chi connectivity index (χ1v) is 36.8. The molecular formula is C64H124O17P2. The molecule has 3 N–H and O–H groups in total. The van der Waals surface area contributed by atoms with Gasteiger partial charge in [0.15, 0.2) is 12.2 Å². The Morgan fingerprint density at radius 1 is 0.289 bits per heavy atom. The maximum absolute atomic E-state index is 13.0. The van der Waals surface area contributed by atoms with Crippen LogP contribution >= 0.6 is 15.6 Å². The van der Waals surface area contributed by atoms with Crippen molar-refractivity contribution in [1.29, 1.82) is 0 Å². The van der Waals surface area contributed by atoms with E-state index in [1.807, 2.05) is 0 Å². The zero-order valence-electron chi connectivity index (χ0n) is 53.2. The van der Waals surface area contributed by atoms with Gasteiger partial charge in [0.25, 0.3) is 0 Å². The lowest BCUT2D eigenvalue weighted by atomic mass is 10.0. The summed E-state index contributed by atoms with van der Waals surface area (Å²) in [6.45, 7) is 4.71. The highest BCUT2D eigenvalue weighted by molar-refractivity contribution is 7.47. The monoisotopic (exact) mass is 1230 g/mol. The predicted molar refractivity (Wildman–Crippen MR) is 331 cm³/mol. The van der Waals surface area contributed by atoms with Gasteiger partial charge in [-0.2, -0.15) is 0 Å². The van der Waals surface area contributed by atoms with Gasteiger partial charge in [0.1, 0.15) is 19.3 Å². The lowest BCUT2D eigenvalue weighted by Gasteiger charge is -2.21. The molecule has 0 heterocycles. The van der Waals surface area contributed by atoms with Crippen molar-refractivity contribution in [2.45, 2.75) is 348 Å². The van der Waals surface area contributed by atoms with Crippen LogP contribution in [0.4, 0.5) is 0 Å². The molecule has 0 bridgehead atoms. The van der Waals surface area contributed by atoms with E-state index in [-0.39, 0.29) is 25.7 Å². The second-order valence-electron chi connectivity index (χ2n) is 23.2. The van der Waals surface area contributed by atoms with E-state index in [0.717, 1.165) is 96.3 Å². The lowest BCUT2D eigenvalue weighted by molar-refractivity contribution is -0.161. The van der Waals surface area contributed by atoms with Crippen LogP contribution < -0.4 is 0 Å². The maximum Gasteiger partial charge on any atom is 0.472 e. The summed E-state index contributed by atoms with van der Waals surface area (Å²) in [5.74, 6) is -2.15. The fourth-order valence-electron chi connectivity index (χ4n) is 9.63. The van der Waals surface area contributed by atoms with Gasteiger partial charge in [-0.15, -0.1) is 0 Å². The van der Waals surface area contributed by atoms with Gasteiger partial charge in [-0.25, -0.2) is 9.13 Å². The second-order valence-corrected chi connectivity index (χ2v) is 26.1. The molecule has 0 amide bonds. The minimum absolute atomic E-state index is 0.0992. The summed E-state index contributed by atoms with van der Waals surface area (Å²) in [6.07, 6.45) is 45.4. The van der Waals surface area contributed by atoms with E-state index in [1.165, 1.54) is 154 Å². The molecule has 0 aromatic heterocycles. The highest BCUT2D eigenvalue weighted by Gasteiger charge is 2.30. The van der Waals surface area contributed by atoms with Crippen molar-refractivity contribution in [1.82, 2.24) is 0 Å². The smallest absolute Gasteiger partial charge is 0.462 e. The van der Waals surface area contributed by atoms with Gasteiger partial charge in [0.05, 0.1) is 26.4 Å². The second kappa shape index (κ2) is 59.0. The van der Waals surface area contributed by atoms with Crippen molar-refractivity contribution >= 4 is 39.5 Å². The Kier molecular flexibility index (Phi) is 57.7. The summed E-state index contributed by atoms with van der Waals surface area (Å²) in [7, 11) is -9.86. The molecule has 83 heavy (non-hydrogen) atoms. The highest BCUT2D eigenvalue weighted by atomic mass is 31.2. The molecule has 0 aliphatic heterocycles. The number of carbonyl (C=O) groups excluding carboxylic acids is 4. The molecule has 0 saturated heterocycles. The van der Waals surface area contributed by atoms with Crippen LogP contribution in [-0.2, 0) is 65.4 Å². The maximum atomic E-state index is 13.0. The first kappa shape index (κ1) is 81.1. The molecule has 5 atom stereocenters. The summed E-state index contributed by atoms with van der Waals surface area (Å²) < 4.78 is 67.6. The molecule has 0 rings (SSSR count). The van der Waals surface area contributed by atoms with E-state index >= 15 is 0 Å². The predicted octanol–water partition coefficient (Wildman–Crippen LogP) is 17.9. The van der Waals surface area contributed by atoms with Crippen molar-refractivity contribution in [3.8, 4) is 0 Å². The Bertz CT molecular complexity index is 1600. The molecule has 0 fully saturated rings. The number of phosphoric acid groups is 2. The van der Waals surface area contributed by atoms with Crippen LogP contribution in [0.2, 0.25) is 0 Å². The third kappa shape index (κ3) is 58.8. The zero-order chi connectivity index (χ0) is 61.2. The Morgan fingerprint density at radius 3 is 0.711 bits per heavy atom. The van der Waals surface area contributed by atoms with Gasteiger partial charge in [0.2, 0.25) is 0 Å². The van der Waals surface area contributed by atoms with Gasteiger partial charge in [0, 0.05) is 25.7 Å². The average molecular weight is 1230 g/mol. The van der Waals surface area contributed by atoms with Crippen LogP contribution in [0.3, 0.4) is 0 Å². The van der Waals surface area contributed by atoms with Crippen molar-refractivity contribution < 1.29 is 80.2 Å². The van der Waals surface area contributed by atoms with Crippen LogP contribution in [-0.4, -0.2) is 96.7 Å². The van der Waals surface area contributed by atoms with E-state index in [1.54, 1.807) is 0 Å². The third-order valence-corrected chi connectivity index (χ3v) is 16.8. The summed E-state index contributed by atoms with van der Waals surface area (Å²) in [5, 5.41) is 10.5. The fraction of sp³-hybridized carbons (Fsp3) is 0.938. The summed E-state index contributed by atoms with van der Waals surface area (Å²) in [5.41, 5.74) is 0. The number of aliphatic hydroxyl groups is 1. The number of ether oxygens (including phenoxy) is 4. The van der Waals surface area contributed by atoms with Crippen molar-refractivity contribution in [2.24, 2.45) is 0 Å². The average Bonchev–Trinajstić information content (AvgIpc) is 3.50. The fourth-order valence-corrected chi connectivity index (χ4v) is 11.2. The van der Waals surface area contributed by atoms with E-state index < -0.39 is 97.5 Å². The molecular weight excluding hydrogens is 1100 g/mol. The Hall–Kier alpha value is -1.94. The number of hydrogen-bond acceptors (Lipinski definition) is 15. The van der Waals surface area contributed by atoms with E-state index in [9.17, 15) is 43.2 Å². The highest BCUT2D eigenvalue weighted by Crippen LogP contribution is 2.45. The van der Waals surface area contributed by atoms with Crippen LogP contribution in [0.1, 0.15) is 329 Å². The van der Waals surface area contributed by atoms with Crippen molar-refractivity contribution in [3.63, 3.8) is 0 Å². The molecule has 0 aliphatic rings. The number of esters is 4. The van der Waals surface area contributed by atoms with Gasteiger partial charge in [-0.05, 0) is 25.7 Å². The largest absolute Gasteiger partial charge is 0.472 e. The number of aliphatic hydroxyl groups excluding tert-OH is 1. The minimum atomic E-state index is -4.94. The SMILES string of the molecule is CCCCCCCCCCCCCCCCCCCCCCC(=O)O[C@H](COC(=O)CCCCCCCCCCCCCCC)COP(=O)(O)OC[C@@H](O)COP(=O)(O)OC[C@@H](COC(=O)CCCCCCC)OC(=O)CCCCCCC. The molecule has 0 aromatic carbocycles. The number of carbonyl (C=O) groups is 4. The number of hydrogen-bond donors (Lipinski definition) is 3. The van der Waals surface area contributed by atoms with Crippen LogP contribution in [0.5, 0.6) is 0 Å². The molecule has 492 valence electrons. The molecule has 19 heteroatoms. The zero-order valence-corrected chi connectivity index (χ0v) is 54.9. The van der Waals surface area contributed by atoms with Crippen LogP contribution in [0.25, 0.3) is 0 Å². The molecule has 0 aromatic rings. The van der Waals surface area contributed by atoms with Gasteiger partial charge in [-0.3, -0.25) is 37.3 Å². The molecule has 2 unspecified atom stereocenters. The number of unbranched alkanes of at least 4 members (excludes halogenated alkanes) is 39. The van der Waals surface area contributed by atoms with Gasteiger partial charge >= 0.3 is 39.5 Å². The Labute approximate surface area is 505 Å². The van der Waals surface area contributed by atoms with E-state index in [4.69, 9.17) is 37.0 Å². The Balaban J connectivity index is 5.05. The number of rotatable bonds is 65. The molecule has 0 aliphatic carbocycles. The van der Waals surface area contributed by atoms with Gasteiger partial charge in [-0.1, -0.05) is 278 Å². The van der Waals surface area contributed by atoms with Crippen LogP contribution in [0, 0.1) is 0 Å². The summed E-state index contributed by atoms with van der Waals surface area (Å²) >= 11 is 0. The summed E-state index contributed by atoms with van der Waals surface area (Å²) in [4.78, 5) is 71.7. The minimum Gasteiger partial charge on any atom is -0.462 e. The number of phosphoric ester groups is 2. The molecule has 0 saturated carbocycles.